The van der Waals surface area contributed by atoms with Crippen molar-refractivity contribution in [3.8, 4) is 0 Å². The van der Waals surface area contributed by atoms with Crippen LogP contribution in [0.15, 0.2) is 18.2 Å². The highest BCUT2D eigenvalue weighted by atomic mass is 79.9. The van der Waals surface area contributed by atoms with Crippen LogP contribution in [-0.4, -0.2) is 17.7 Å². The van der Waals surface area contributed by atoms with Crippen LogP contribution < -0.4 is 0 Å². The van der Waals surface area contributed by atoms with Gasteiger partial charge in [-0.2, -0.15) is 0 Å². The van der Waals surface area contributed by atoms with Gasteiger partial charge in [0.1, 0.15) is 5.78 Å². The van der Waals surface area contributed by atoms with Gasteiger partial charge in [0.15, 0.2) is 0 Å². The predicted octanol–water partition coefficient (Wildman–Crippen LogP) is 4.64. The predicted molar refractivity (Wildman–Crippen MR) is 78.8 cm³/mol. The summed E-state index contributed by atoms with van der Waals surface area (Å²) in [7, 11) is 0. The lowest BCUT2D eigenvalue weighted by Gasteiger charge is -2.05. The Morgan fingerprint density at radius 1 is 1.17 bits per heavy atom. The zero-order valence-corrected chi connectivity index (χ0v) is 13.0. The number of hydrogen-bond acceptors (Lipinski definition) is 2. The van der Waals surface area contributed by atoms with E-state index in [2.05, 4.69) is 15.9 Å². The Balaban J connectivity index is 2.16. The fourth-order valence-corrected chi connectivity index (χ4v) is 2.33. The first-order valence-electron chi connectivity index (χ1n) is 5.72. The number of hydrogen-bond donors (Lipinski definition) is 0. The normalized spacial score (nSPS) is 10.6. The molecule has 0 heterocycles. The molecule has 18 heavy (non-hydrogen) atoms. The first kappa shape index (κ1) is 16.0. The maximum Gasteiger partial charge on any atom is 0.143 e. The molecule has 0 aromatic heterocycles. The van der Waals surface area contributed by atoms with Crippen molar-refractivity contribution in [2.45, 2.75) is 25.9 Å². The molecule has 2 nitrogen and oxygen atoms in total. The van der Waals surface area contributed by atoms with Crippen LogP contribution in [0.3, 0.4) is 0 Å². The van der Waals surface area contributed by atoms with E-state index in [1.54, 1.807) is 6.07 Å². The number of carbonyl (C=O) groups is 1. The van der Waals surface area contributed by atoms with Gasteiger partial charge < -0.3 is 4.74 Å². The number of rotatable bonds is 8. The summed E-state index contributed by atoms with van der Waals surface area (Å²) in [6.45, 7) is 1.13. The Hall–Kier alpha value is -0.0900. The van der Waals surface area contributed by atoms with Crippen LogP contribution in [0.4, 0.5) is 0 Å². The molecule has 0 aliphatic rings. The molecule has 5 heteroatoms. The number of ether oxygens (including phenoxy) is 1. The number of ketones is 1. The molecule has 0 bridgehead atoms. The quantitative estimate of drug-likeness (QED) is 0.502. The van der Waals surface area contributed by atoms with Crippen LogP contribution in [-0.2, 0) is 16.1 Å². The smallest absolute Gasteiger partial charge is 0.143 e. The molecule has 0 radical (unpaired) electrons. The summed E-state index contributed by atoms with van der Waals surface area (Å²) in [5.41, 5.74) is 0.962. The first-order valence-corrected chi connectivity index (χ1v) is 7.60. The summed E-state index contributed by atoms with van der Waals surface area (Å²) in [5.74, 6) is 0.233. The lowest BCUT2D eigenvalue weighted by molar-refractivity contribution is -0.116. The summed E-state index contributed by atoms with van der Waals surface area (Å²) in [4.78, 5) is 11.0. The van der Waals surface area contributed by atoms with Gasteiger partial charge in [-0.3, -0.25) is 4.79 Å². The summed E-state index contributed by atoms with van der Waals surface area (Å²) in [6, 6.07) is 5.36. The van der Waals surface area contributed by atoms with Crippen LogP contribution in [0.1, 0.15) is 24.8 Å². The van der Waals surface area contributed by atoms with E-state index >= 15 is 0 Å². The van der Waals surface area contributed by atoms with Crippen molar-refractivity contribution in [1.82, 2.24) is 0 Å². The summed E-state index contributed by atoms with van der Waals surface area (Å²) in [5, 5.41) is 1.67. The average Bonchev–Trinajstić information content (AvgIpc) is 2.32. The van der Waals surface area contributed by atoms with Crippen molar-refractivity contribution in [2.75, 3.05) is 11.9 Å². The minimum absolute atomic E-state index is 0.233. The molecule has 0 atom stereocenters. The van der Waals surface area contributed by atoms with Crippen molar-refractivity contribution < 1.29 is 9.53 Å². The Labute approximate surface area is 126 Å². The van der Waals surface area contributed by atoms with Crippen molar-refractivity contribution in [2.24, 2.45) is 0 Å². The highest BCUT2D eigenvalue weighted by molar-refractivity contribution is 9.09. The van der Waals surface area contributed by atoms with Crippen LogP contribution in [0.2, 0.25) is 10.0 Å². The molecule has 100 valence electrons. The lowest BCUT2D eigenvalue weighted by atomic mass is 10.2. The molecule has 1 rings (SSSR count). The van der Waals surface area contributed by atoms with Gasteiger partial charge in [-0.05, 0) is 36.6 Å². The molecule has 0 saturated carbocycles. The molecule has 0 aliphatic carbocycles. The van der Waals surface area contributed by atoms with Gasteiger partial charge in [-0.25, -0.2) is 0 Å². The highest BCUT2D eigenvalue weighted by Crippen LogP contribution is 2.19. The summed E-state index contributed by atoms with van der Waals surface area (Å²) < 4.78 is 5.50. The van der Waals surface area contributed by atoms with E-state index in [9.17, 15) is 4.79 Å². The van der Waals surface area contributed by atoms with E-state index in [1.165, 1.54) is 0 Å². The second-order valence-electron chi connectivity index (χ2n) is 3.96. The van der Waals surface area contributed by atoms with E-state index < -0.39 is 0 Å². The Morgan fingerprint density at radius 2 is 1.83 bits per heavy atom. The van der Waals surface area contributed by atoms with Crippen LogP contribution in [0.25, 0.3) is 0 Å². The van der Waals surface area contributed by atoms with E-state index in [0.717, 1.165) is 18.4 Å². The highest BCUT2D eigenvalue weighted by Gasteiger charge is 2.00. The molecule has 0 aliphatic heterocycles. The third-order valence-corrected chi connectivity index (χ3v) is 3.40. The Kier molecular flexibility index (Phi) is 7.91. The largest absolute Gasteiger partial charge is 0.377 e. The van der Waals surface area contributed by atoms with E-state index in [-0.39, 0.29) is 5.78 Å². The van der Waals surface area contributed by atoms with Gasteiger partial charge in [-0.1, -0.05) is 39.1 Å². The zero-order valence-electron chi connectivity index (χ0n) is 9.93. The van der Waals surface area contributed by atoms with Gasteiger partial charge in [-0.15, -0.1) is 0 Å². The van der Waals surface area contributed by atoms with Crippen LogP contribution in [0.5, 0.6) is 0 Å². The minimum atomic E-state index is 0.233. The summed E-state index contributed by atoms with van der Waals surface area (Å²) in [6.07, 6.45) is 2.35. The maximum atomic E-state index is 11.0. The second kappa shape index (κ2) is 8.92. The van der Waals surface area contributed by atoms with Gasteiger partial charge in [0.05, 0.1) is 11.9 Å². The third kappa shape index (κ3) is 6.74. The van der Waals surface area contributed by atoms with Crippen LogP contribution >= 0.6 is 39.1 Å². The lowest BCUT2D eigenvalue weighted by Crippen LogP contribution is -2.00. The second-order valence-corrected chi connectivity index (χ2v) is 5.39. The van der Waals surface area contributed by atoms with E-state index in [0.29, 0.717) is 35.0 Å². The molecule has 1 aromatic carbocycles. The molecule has 0 amide bonds. The first-order chi connectivity index (χ1) is 8.61. The molecular weight excluding hydrogens is 339 g/mol. The number of carbonyl (C=O) groups excluding carboxylic acids is 1. The van der Waals surface area contributed by atoms with E-state index in [4.69, 9.17) is 27.9 Å². The fraction of sp³-hybridized carbons (Fsp3) is 0.462. The minimum Gasteiger partial charge on any atom is -0.377 e. The van der Waals surface area contributed by atoms with Gasteiger partial charge in [0.25, 0.3) is 0 Å². The Bertz CT molecular complexity index is 376. The zero-order chi connectivity index (χ0) is 13.4. The van der Waals surface area contributed by atoms with E-state index in [1.807, 2.05) is 12.1 Å². The number of unbranched alkanes of at least 4 members (excludes halogenated alkanes) is 1. The Morgan fingerprint density at radius 3 is 2.44 bits per heavy atom. The van der Waals surface area contributed by atoms with Gasteiger partial charge in [0.2, 0.25) is 0 Å². The molecule has 1 aromatic rings. The van der Waals surface area contributed by atoms with Crippen molar-refractivity contribution in [3.05, 3.63) is 33.8 Å². The fourth-order valence-electron chi connectivity index (χ4n) is 1.48. The standard InChI is InChI=1S/C13H15BrCl2O2/c14-8-13(17)3-1-2-4-18-9-10-5-11(15)7-12(16)6-10/h5-7H,1-4,8-9H2. The van der Waals surface area contributed by atoms with Crippen molar-refractivity contribution in [3.63, 3.8) is 0 Å². The van der Waals surface area contributed by atoms with Crippen LogP contribution in [0, 0.1) is 0 Å². The number of benzene rings is 1. The molecule has 0 saturated heterocycles. The average molecular weight is 354 g/mol. The van der Waals surface area contributed by atoms with Gasteiger partial charge >= 0.3 is 0 Å². The topological polar surface area (TPSA) is 26.3 Å². The third-order valence-electron chi connectivity index (χ3n) is 2.33. The SMILES string of the molecule is O=C(CBr)CCCCOCc1cc(Cl)cc(Cl)c1. The number of halogens is 3. The van der Waals surface area contributed by atoms with Gasteiger partial charge in [0, 0.05) is 23.1 Å². The summed E-state index contributed by atoms with van der Waals surface area (Å²) >= 11 is 14.9. The molecule has 0 N–H and O–H groups in total. The number of alkyl halides is 1. The molecule has 0 unspecified atom stereocenters. The monoisotopic (exact) mass is 352 g/mol. The van der Waals surface area contributed by atoms with Crippen molar-refractivity contribution >= 4 is 44.9 Å². The molecule has 0 fully saturated rings. The molecule has 0 spiro atoms. The maximum absolute atomic E-state index is 11.0. The molecular formula is C13H15BrCl2O2. The van der Waals surface area contributed by atoms with Crippen molar-refractivity contribution in [1.29, 1.82) is 0 Å². The number of Topliss-reactive ketones (excluding diaryl/α,β-unsaturated/α-hetero) is 1.